The summed E-state index contributed by atoms with van der Waals surface area (Å²) in [5.74, 6) is -2.18. The number of carbonyl (C=O) groups is 3. The Balaban J connectivity index is 2.63. The Labute approximate surface area is 123 Å². The van der Waals surface area contributed by atoms with E-state index in [0.29, 0.717) is 13.0 Å². The first-order chi connectivity index (χ1) is 9.58. The molecule has 1 amide bonds. The molecule has 2 N–H and O–H groups in total. The molecule has 0 aromatic carbocycles. The predicted molar refractivity (Wildman–Crippen MR) is 73.1 cm³/mol. The maximum atomic E-state index is 11.9. The number of hydrogen-bond acceptors (Lipinski definition) is 5. The van der Waals surface area contributed by atoms with Gasteiger partial charge in [-0.3, -0.25) is 14.5 Å². The van der Waals surface area contributed by atoms with Gasteiger partial charge in [0.1, 0.15) is 5.60 Å². The molecule has 0 saturated carbocycles. The minimum atomic E-state index is -1.09. The number of hydrogen-bond donors (Lipinski definition) is 2. The zero-order chi connectivity index (χ0) is 16.2. The molecule has 8 heteroatoms. The van der Waals surface area contributed by atoms with Crippen LogP contribution in [0.1, 0.15) is 27.2 Å². The zero-order valence-corrected chi connectivity index (χ0v) is 12.5. The van der Waals surface area contributed by atoms with Crippen LogP contribution >= 0.6 is 0 Å². The van der Waals surface area contributed by atoms with Gasteiger partial charge in [0, 0.05) is 19.1 Å². The molecule has 1 aliphatic heterocycles. The number of carboxylic acid groups (broad SMARTS) is 2. The third kappa shape index (κ3) is 5.99. The summed E-state index contributed by atoms with van der Waals surface area (Å²) in [6.45, 7) is 5.27. The molecule has 1 atom stereocenters. The number of ether oxygens (including phenoxy) is 1. The highest BCUT2D eigenvalue weighted by atomic mass is 16.6. The molecule has 1 unspecified atom stereocenters. The summed E-state index contributed by atoms with van der Waals surface area (Å²) in [6, 6.07) is -0.287. The largest absolute Gasteiger partial charge is 0.480 e. The average Bonchev–Trinajstić information content (AvgIpc) is 2.73. The molecular formula is C13H22N2O6. The minimum Gasteiger partial charge on any atom is -0.480 e. The lowest BCUT2D eigenvalue weighted by Gasteiger charge is -2.27. The van der Waals surface area contributed by atoms with Crippen molar-refractivity contribution >= 4 is 18.0 Å². The number of carboxylic acids is 2. The van der Waals surface area contributed by atoms with Crippen LogP contribution in [0.5, 0.6) is 0 Å². The van der Waals surface area contributed by atoms with Crippen molar-refractivity contribution in [2.45, 2.75) is 38.8 Å². The van der Waals surface area contributed by atoms with Crippen molar-refractivity contribution in [1.29, 1.82) is 0 Å². The molecule has 1 fully saturated rings. The quantitative estimate of drug-likeness (QED) is 0.760. The number of carbonyl (C=O) groups excluding carboxylic acids is 1. The van der Waals surface area contributed by atoms with Gasteiger partial charge in [0.25, 0.3) is 0 Å². The second-order valence-corrected chi connectivity index (χ2v) is 6.06. The van der Waals surface area contributed by atoms with Crippen molar-refractivity contribution in [3.05, 3.63) is 0 Å². The summed E-state index contributed by atoms with van der Waals surface area (Å²) in [5.41, 5.74) is -0.600. The Morgan fingerprint density at radius 1 is 1.19 bits per heavy atom. The molecule has 8 nitrogen and oxygen atoms in total. The topological polar surface area (TPSA) is 107 Å². The number of amides is 1. The van der Waals surface area contributed by atoms with Crippen LogP contribution in [0.2, 0.25) is 0 Å². The highest BCUT2D eigenvalue weighted by Crippen LogP contribution is 2.18. The summed E-state index contributed by atoms with van der Waals surface area (Å²) in [7, 11) is 0. The Morgan fingerprint density at radius 3 is 2.14 bits per heavy atom. The van der Waals surface area contributed by atoms with Crippen molar-refractivity contribution in [3.8, 4) is 0 Å². The zero-order valence-electron chi connectivity index (χ0n) is 12.5. The lowest BCUT2D eigenvalue weighted by atomic mass is 10.2. The van der Waals surface area contributed by atoms with Crippen LogP contribution in [0.3, 0.4) is 0 Å². The monoisotopic (exact) mass is 302 g/mol. The number of likely N-dealkylation sites (tertiary alicyclic amines) is 1. The van der Waals surface area contributed by atoms with E-state index in [9.17, 15) is 14.4 Å². The van der Waals surface area contributed by atoms with Gasteiger partial charge in [0.15, 0.2) is 0 Å². The number of rotatable bonds is 5. The highest BCUT2D eigenvalue weighted by Gasteiger charge is 2.34. The maximum Gasteiger partial charge on any atom is 0.410 e. The van der Waals surface area contributed by atoms with E-state index >= 15 is 0 Å². The van der Waals surface area contributed by atoms with Crippen molar-refractivity contribution in [3.63, 3.8) is 0 Å². The van der Waals surface area contributed by atoms with E-state index in [1.54, 1.807) is 20.8 Å². The molecule has 1 saturated heterocycles. The summed E-state index contributed by atoms with van der Waals surface area (Å²) in [4.78, 5) is 36.4. The minimum absolute atomic E-state index is 0.273. The molecule has 0 radical (unpaired) electrons. The van der Waals surface area contributed by atoms with E-state index in [0.717, 1.165) is 0 Å². The van der Waals surface area contributed by atoms with Gasteiger partial charge < -0.3 is 19.8 Å². The van der Waals surface area contributed by atoms with Crippen LogP contribution in [0.4, 0.5) is 4.79 Å². The highest BCUT2D eigenvalue weighted by molar-refractivity contribution is 5.73. The SMILES string of the molecule is CC(C)(C)OC(=O)N1CCC(N(CC(=O)O)CC(=O)O)C1. The van der Waals surface area contributed by atoms with Crippen molar-refractivity contribution in [2.75, 3.05) is 26.2 Å². The first-order valence-electron chi connectivity index (χ1n) is 6.74. The Hall–Kier alpha value is -1.83. The van der Waals surface area contributed by atoms with Gasteiger partial charge in [0.2, 0.25) is 0 Å². The molecular weight excluding hydrogens is 280 g/mol. The van der Waals surface area contributed by atoms with Gasteiger partial charge in [-0.1, -0.05) is 0 Å². The summed E-state index contributed by atoms with van der Waals surface area (Å²) >= 11 is 0. The molecule has 1 heterocycles. The van der Waals surface area contributed by atoms with Crippen LogP contribution in [-0.4, -0.2) is 75.9 Å². The standard InChI is InChI=1S/C13H22N2O6/c1-13(2,3)21-12(20)14-5-4-9(6-14)15(7-10(16)17)8-11(18)19/h9H,4-8H2,1-3H3,(H,16,17)(H,18,19). The fourth-order valence-corrected chi connectivity index (χ4v) is 2.19. The van der Waals surface area contributed by atoms with E-state index in [1.807, 2.05) is 0 Å². The van der Waals surface area contributed by atoms with Crippen LogP contribution in [0, 0.1) is 0 Å². The molecule has 120 valence electrons. The van der Waals surface area contributed by atoms with Gasteiger partial charge in [-0.25, -0.2) is 4.79 Å². The van der Waals surface area contributed by atoms with Gasteiger partial charge in [-0.2, -0.15) is 0 Å². The van der Waals surface area contributed by atoms with Gasteiger partial charge >= 0.3 is 18.0 Å². The Kier molecular flexibility index (Phi) is 5.54. The van der Waals surface area contributed by atoms with Crippen LogP contribution < -0.4 is 0 Å². The molecule has 0 bridgehead atoms. The molecule has 1 aliphatic rings. The van der Waals surface area contributed by atoms with Crippen LogP contribution in [0.15, 0.2) is 0 Å². The first kappa shape index (κ1) is 17.2. The van der Waals surface area contributed by atoms with Crippen molar-refractivity contribution in [1.82, 2.24) is 9.80 Å². The Morgan fingerprint density at radius 2 is 1.71 bits per heavy atom. The van der Waals surface area contributed by atoms with E-state index in [1.165, 1.54) is 9.80 Å². The van der Waals surface area contributed by atoms with Gasteiger partial charge in [-0.05, 0) is 27.2 Å². The van der Waals surface area contributed by atoms with Gasteiger partial charge in [-0.15, -0.1) is 0 Å². The van der Waals surface area contributed by atoms with E-state index in [2.05, 4.69) is 0 Å². The Bertz CT molecular complexity index is 401. The average molecular weight is 302 g/mol. The first-order valence-corrected chi connectivity index (χ1v) is 6.74. The number of nitrogens with zero attached hydrogens (tertiary/aromatic N) is 2. The fourth-order valence-electron chi connectivity index (χ4n) is 2.19. The number of aliphatic carboxylic acids is 2. The van der Waals surface area contributed by atoms with E-state index in [4.69, 9.17) is 14.9 Å². The molecule has 0 aliphatic carbocycles. The predicted octanol–water partition coefficient (Wildman–Crippen LogP) is 0.467. The van der Waals surface area contributed by atoms with E-state index in [-0.39, 0.29) is 25.7 Å². The summed E-state index contributed by atoms with van der Waals surface area (Å²) < 4.78 is 5.25. The lowest BCUT2D eigenvalue weighted by Crippen LogP contribution is -2.44. The molecule has 21 heavy (non-hydrogen) atoms. The summed E-state index contributed by atoms with van der Waals surface area (Å²) in [5, 5.41) is 17.7. The molecule has 0 spiro atoms. The molecule has 0 aromatic rings. The van der Waals surface area contributed by atoms with Crippen LogP contribution in [0.25, 0.3) is 0 Å². The van der Waals surface area contributed by atoms with Crippen molar-refractivity contribution in [2.24, 2.45) is 0 Å². The lowest BCUT2D eigenvalue weighted by molar-refractivity contribution is -0.142. The maximum absolute atomic E-state index is 11.9. The smallest absolute Gasteiger partial charge is 0.410 e. The van der Waals surface area contributed by atoms with Crippen LogP contribution in [-0.2, 0) is 14.3 Å². The third-order valence-corrected chi connectivity index (χ3v) is 3.01. The summed E-state index contributed by atoms with van der Waals surface area (Å²) in [6.07, 6.45) is 0.0652. The molecule has 1 rings (SSSR count). The normalized spacial score (nSPS) is 18.9. The fraction of sp³-hybridized carbons (Fsp3) is 0.769. The molecule has 0 aromatic heterocycles. The third-order valence-electron chi connectivity index (χ3n) is 3.01. The second-order valence-electron chi connectivity index (χ2n) is 6.06. The van der Waals surface area contributed by atoms with Crippen molar-refractivity contribution < 1.29 is 29.3 Å². The van der Waals surface area contributed by atoms with E-state index < -0.39 is 23.6 Å². The van der Waals surface area contributed by atoms with Gasteiger partial charge in [0.05, 0.1) is 13.1 Å². The second kappa shape index (κ2) is 6.75.